The molecule has 2 heterocycles. The van der Waals surface area contributed by atoms with Crippen molar-refractivity contribution in [2.45, 2.75) is 37.8 Å². The van der Waals surface area contributed by atoms with Gasteiger partial charge in [-0.05, 0) is 49.9 Å². The van der Waals surface area contributed by atoms with Gasteiger partial charge in [-0.1, -0.05) is 29.8 Å². The zero-order valence-electron chi connectivity index (χ0n) is 15.9. The maximum absolute atomic E-state index is 6.60. The van der Waals surface area contributed by atoms with Crippen LogP contribution in [0.2, 0.25) is 5.02 Å². The lowest BCUT2D eigenvalue weighted by Crippen LogP contribution is -2.31. The molecule has 5 rings (SSSR count). The Morgan fingerprint density at radius 2 is 1.86 bits per heavy atom. The number of fused-ring (bicyclic) bond motifs is 2. The highest BCUT2D eigenvalue weighted by Gasteiger charge is 2.21. The van der Waals surface area contributed by atoms with Gasteiger partial charge < -0.3 is 20.6 Å². The second kappa shape index (κ2) is 7.25. The number of nitrogen functional groups attached to an aromatic ring is 1. The number of furan rings is 1. The quantitative estimate of drug-likeness (QED) is 0.466. The summed E-state index contributed by atoms with van der Waals surface area (Å²) in [5.41, 5.74) is 13.8. The normalized spacial score (nSPS) is 19.7. The molecular formula is C23H22ClN3O2. The fourth-order valence-corrected chi connectivity index (χ4v) is 4.41. The standard InChI is InChI=1S/C23H22ClN3O2/c24-19-11-16(28-15-7-5-14(25)6-8-15)10-17-18(12-27-23(26)22(17)19)21-9-13-3-1-2-4-20(13)29-21/h1-4,9-12,14-15H,5-8,25H2,(H2,26,27). The van der Waals surface area contributed by atoms with Gasteiger partial charge in [0.25, 0.3) is 0 Å². The number of ether oxygens (including phenoxy) is 1. The van der Waals surface area contributed by atoms with Crippen LogP contribution in [0.3, 0.4) is 0 Å². The van der Waals surface area contributed by atoms with Crippen LogP contribution in [0.4, 0.5) is 5.82 Å². The topological polar surface area (TPSA) is 87.3 Å². The van der Waals surface area contributed by atoms with Crippen LogP contribution in [0.1, 0.15) is 25.7 Å². The Labute approximate surface area is 173 Å². The van der Waals surface area contributed by atoms with Crippen LogP contribution in [0.5, 0.6) is 5.75 Å². The van der Waals surface area contributed by atoms with Crippen LogP contribution in [-0.4, -0.2) is 17.1 Å². The largest absolute Gasteiger partial charge is 0.490 e. The summed E-state index contributed by atoms with van der Waals surface area (Å²) < 4.78 is 12.3. The van der Waals surface area contributed by atoms with E-state index in [0.29, 0.717) is 16.2 Å². The van der Waals surface area contributed by atoms with Crippen LogP contribution < -0.4 is 16.2 Å². The minimum Gasteiger partial charge on any atom is -0.490 e. The molecule has 0 aliphatic heterocycles. The van der Waals surface area contributed by atoms with E-state index in [4.69, 9.17) is 32.2 Å². The lowest BCUT2D eigenvalue weighted by molar-refractivity contribution is 0.147. The monoisotopic (exact) mass is 407 g/mol. The molecule has 4 N–H and O–H groups in total. The van der Waals surface area contributed by atoms with Gasteiger partial charge in [-0.2, -0.15) is 0 Å². The number of pyridine rings is 1. The van der Waals surface area contributed by atoms with Crippen molar-refractivity contribution in [1.82, 2.24) is 4.98 Å². The molecule has 0 saturated heterocycles. The van der Waals surface area contributed by atoms with Gasteiger partial charge in [-0.25, -0.2) is 4.98 Å². The molecule has 0 bridgehead atoms. The Morgan fingerprint density at radius 1 is 1.07 bits per heavy atom. The molecule has 1 aliphatic rings. The fourth-order valence-electron chi connectivity index (χ4n) is 4.10. The van der Waals surface area contributed by atoms with Gasteiger partial charge in [-0.3, -0.25) is 0 Å². The van der Waals surface area contributed by atoms with E-state index >= 15 is 0 Å². The first-order valence-corrected chi connectivity index (χ1v) is 10.2. The number of halogens is 1. The molecule has 6 heteroatoms. The Morgan fingerprint density at radius 3 is 2.66 bits per heavy atom. The van der Waals surface area contributed by atoms with Crippen molar-refractivity contribution in [2.24, 2.45) is 5.73 Å². The van der Waals surface area contributed by atoms with Crippen molar-refractivity contribution in [3.05, 3.63) is 53.7 Å². The van der Waals surface area contributed by atoms with Crippen LogP contribution in [0.25, 0.3) is 33.1 Å². The molecule has 0 unspecified atom stereocenters. The second-order valence-electron chi connectivity index (χ2n) is 7.69. The van der Waals surface area contributed by atoms with E-state index in [1.54, 1.807) is 6.20 Å². The minimum atomic E-state index is 0.150. The highest BCUT2D eigenvalue weighted by atomic mass is 35.5. The lowest BCUT2D eigenvalue weighted by atomic mass is 9.93. The van der Waals surface area contributed by atoms with Gasteiger partial charge in [0.2, 0.25) is 0 Å². The molecule has 29 heavy (non-hydrogen) atoms. The molecule has 4 aromatic rings. The summed E-state index contributed by atoms with van der Waals surface area (Å²) in [5.74, 6) is 1.84. The smallest absolute Gasteiger partial charge is 0.137 e. The number of benzene rings is 2. The molecule has 0 radical (unpaired) electrons. The van der Waals surface area contributed by atoms with E-state index in [1.807, 2.05) is 42.5 Å². The number of para-hydroxylation sites is 1. The van der Waals surface area contributed by atoms with Gasteiger partial charge in [0.1, 0.15) is 22.9 Å². The molecule has 0 atom stereocenters. The van der Waals surface area contributed by atoms with E-state index in [1.165, 1.54) is 0 Å². The highest BCUT2D eigenvalue weighted by Crippen LogP contribution is 2.40. The number of hydrogen-bond donors (Lipinski definition) is 2. The molecule has 1 aliphatic carbocycles. The molecular weight excluding hydrogens is 386 g/mol. The van der Waals surface area contributed by atoms with E-state index in [-0.39, 0.29) is 12.1 Å². The molecule has 0 spiro atoms. The number of anilines is 1. The minimum absolute atomic E-state index is 0.150. The molecule has 0 amide bonds. The third-order valence-electron chi connectivity index (χ3n) is 5.66. The SMILES string of the molecule is Nc1ncc(-c2cc3ccccc3o2)c2cc(OC3CCC(N)CC3)cc(Cl)c12. The van der Waals surface area contributed by atoms with E-state index in [2.05, 4.69) is 4.98 Å². The average Bonchev–Trinajstić information content (AvgIpc) is 3.13. The zero-order valence-corrected chi connectivity index (χ0v) is 16.7. The van der Waals surface area contributed by atoms with Crippen molar-refractivity contribution in [3.63, 3.8) is 0 Å². The van der Waals surface area contributed by atoms with Gasteiger partial charge in [0.15, 0.2) is 0 Å². The number of rotatable bonds is 3. The fraction of sp³-hybridized carbons (Fsp3) is 0.261. The first-order chi connectivity index (χ1) is 14.1. The number of nitrogens with zero attached hydrogens (tertiary/aromatic N) is 1. The molecule has 2 aromatic heterocycles. The van der Waals surface area contributed by atoms with Crippen molar-refractivity contribution in [3.8, 4) is 17.1 Å². The Bertz CT molecular complexity index is 1160. The Balaban J connectivity index is 1.60. The van der Waals surface area contributed by atoms with Crippen LogP contribution in [0.15, 0.2) is 53.1 Å². The summed E-state index contributed by atoms with van der Waals surface area (Å²) in [7, 11) is 0. The van der Waals surface area contributed by atoms with Crippen LogP contribution >= 0.6 is 11.6 Å². The van der Waals surface area contributed by atoms with Crippen LogP contribution in [-0.2, 0) is 0 Å². The first kappa shape index (κ1) is 18.3. The van der Waals surface area contributed by atoms with Gasteiger partial charge in [0, 0.05) is 34.0 Å². The number of hydrogen-bond acceptors (Lipinski definition) is 5. The lowest BCUT2D eigenvalue weighted by Gasteiger charge is -2.27. The summed E-state index contributed by atoms with van der Waals surface area (Å²) in [6.45, 7) is 0. The third-order valence-corrected chi connectivity index (χ3v) is 5.95. The summed E-state index contributed by atoms with van der Waals surface area (Å²) in [5, 5.41) is 3.13. The van der Waals surface area contributed by atoms with E-state index < -0.39 is 0 Å². The number of aromatic nitrogens is 1. The molecule has 1 saturated carbocycles. The van der Waals surface area contributed by atoms with Crippen molar-refractivity contribution >= 4 is 39.2 Å². The third kappa shape index (κ3) is 3.41. The molecule has 148 valence electrons. The van der Waals surface area contributed by atoms with Crippen LogP contribution in [0, 0.1) is 0 Å². The summed E-state index contributed by atoms with van der Waals surface area (Å²) in [6.07, 6.45) is 5.74. The molecule has 2 aromatic carbocycles. The summed E-state index contributed by atoms with van der Waals surface area (Å²) >= 11 is 6.60. The summed E-state index contributed by atoms with van der Waals surface area (Å²) in [4.78, 5) is 4.35. The first-order valence-electron chi connectivity index (χ1n) is 9.87. The van der Waals surface area contributed by atoms with Gasteiger partial charge in [-0.15, -0.1) is 0 Å². The van der Waals surface area contributed by atoms with Crippen molar-refractivity contribution in [2.75, 3.05) is 5.73 Å². The predicted octanol–water partition coefficient (Wildman–Crippen LogP) is 5.53. The average molecular weight is 408 g/mol. The van der Waals surface area contributed by atoms with Gasteiger partial charge >= 0.3 is 0 Å². The van der Waals surface area contributed by atoms with Gasteiger partial charge in [0.05, 0.1) is 11.1 Å². The molecule has 1 fully saturated rings. The van der Waals surface area contributed by atoms with Crippen molar-refractivity contribution < 1.29 is 9.15 Å². The van der Waals surface area contributed by atoms with E-state index in [9.17, 15) is 0 Å². The van der Waals surface area contributed by atoms with Crippen molar-refractivity contribution in [1.29, 1.82) is 0 Å². The Kier molecular flexibility index (Phi) is 4.57. The second-order valence-corrected chi connectivity index (χ2v) is 8.10. The number of nitrogens with two attached hydrogens (primary N) is 2. The maximum atomic E-state index is 6.60. The molecule has 5 nitrogen and oxygen atoms in total. The maximum Gasteiger partial charge on any atom is 0.137 e. The Hall–Kier alpha value is -2.76. The zero-order chi connectivity index (χ0) is 20.0. The predicted molar refractivity (Wildman–Crippen MR) is 117 cm³/mol. The van der Waals surface area contributed by atoms with E-state index in [0.717, 1.165) is 59.1 Å². The highest BCUT2D eigenvalue weighted by molar-refractivity contribution is 6.37. The summed E-state index contributed by atoms with van der Waals surface area (Å²) in [6, 6.07) is 14.0.